The minimum absolute atomic E-state index is 0.0232. The number of hydrogen-bond donors (Lipinski definition) is 4. The van der Waals surface area contributed by atoms with E-state index in [1.165, 1.54) is 12.1 Å². The number of halogens is 3. The van der Waals surface area contributed by atoms with E-state index in [-0.39, 0.29) is 28.6 Å². The van der Waals surface area contributed by atoms with Crippen molar-refractivity contribution >= 4 is 46.7 Å². The van der Waals surface area contributed by atoms with Crippen molar-refractivity contribution in [3.63, 3.8) is 0 Å². The normalized spacial score (nSPS) is 17.0. The van der Waals surface area contributed by atoms with E-state index in [1.807, 2.05) is 12.1 Å². The third kappa shape index (κ3) is 5.65. The second-order valence-electron chi connectivity index (χ2n) is 7.23. The monoisotopic (exact) mass is 465 g/mol. The first kappa shape index (κ1) is 22.8. The van der Waals surface area contributed by atoms with Crippen LogP contribution < -0.4 is 22.1 Å². The summed E-state index contributed by atoms with van der Waals surface area (Å²) >= 11 is 12.0. The lowest BCUT2D eigenvalue weighted by molar-refractivity contribution is -0.136. The third-order valence-electron chi connectivity index (χ3n) is 5.13. The van der Waals surface area contributed by atoms with Crippen LogP contribution >= 0.6 is 23.2 Å². The van der Waals surface area contributed by atoms with Crippen molar-refractivity contribution in [2.75, 3.05) is 11.9 Å². The van der Waals surface area contributed by atoms with Gasteiger partial charge < -0.3 is 22.1 Å². The second kappa shape index (κ2) is 9.98. The van der Waals surface area contributed by atoms with Crippen LogP contribution in [0.5, 0.6) is 0 Å². The van der Waals surface area contributed by atoms with Crippen molar-refractivity contribution in [1.29, 1.82) is 0 Å². The molecule has 10 heteroatoms. The van der Waals surface area contributed by atoms with Crippen LogP contribution in [-0.4, -0.2) is 30.4 Å². The van der Waals surface area contributed by atoms with Crippen LogP contribution in [0.2, 0.25) is 10.0 Å². The van der Waals surface area contributed by atoms with Gasteiger partial charge in [0.2, 0.25) is 0 Å². The van der Waals surface area contributed by atoms with Gasteiger partial charge in [0.15, 0.2) is 5.96 Å². The topological polar surface area (TPSA) is 123 Å². The van der Waals surface area contributed by atoms with Crippen molar-refractivity contribution in [1.82, 2.24) is 5.32 Å². The summed E-state index contributed by atoms with van der Waals surface area (Å²) in [7, 11) is 0. The summed E-state index contributed by atoms with van der Waals surface area (Å²) in [4.78, 5) is 28.8. The molecule has 0 spiro atoms. The van der Waals surface area contributed by atoms with Crippen LogP contribution in [0.15, 0.2) is 41.4 Å². The Hall–Kier alpha value is -2.84. The summed E-state index contributed by atoms with van der Waals surface area (Å²) in [5.74, 6) is -2.44. The Labute approximate surface area is 189 Å². The molecular formula is C21H22Cl2FN5O2. The number of carbonyl (C=O) groups excluding carboxylic acids is 2. The molecule has 2 atom stereocenters. The van der Waals surface area contributed by atoms with Crippen molar-refractivity contribution in [3.8, 4) is 0 Å². The van der Waals surface area contributed by atoms with Crippen LogP contribution in [0.1, 0.15) is 29.9 Å². The molecule has 7 nitrogen and oxygen atoms in total. The summed E-state index contributed by atoms with van der Waals surface area (Å²) in [5.41, 5.74) is 12.8. The standard InChI is InChI=1S/C21H22Cl2FN5O2/c22-15-5-1-3-12-13(4-2-8-27-21(25)26)18(10-14(12)15)29-20(31)19(30)28-11-6-7-16(23)17(24)9-11/h1,3,5-7,9,13,18H,2,4,8,10H2,(H,28,30)(H,29,31)(H4,25,26,27). The Balaban J connectivity index is 1.69. The number of guanidine groups is 1. The number of hydrogen-bond acceptors (Lipinski definition) is 3. The maximum absolute atomic E-state index is 13.6. The van der Waals surface area contributed by atoms with Gasteiger partial charge >= 0.3 is 11.8 Å². The Bertz CT molecular complexity index is 1030. The summed E-state index contributed by atoms with van der Waals surface area (Å²) < 4.78 is 13.6. The maximum atomic E-state index is 13.6. The molecule has 0 bridgehead atoms. The number of rotatable bonds is 6. The maximum Gasteiger partial charge on any atom is 0.313 e. The molecular weight excluding hydrogens is 444 g/mol. The van der Waals surface area contributed by atoms with Gasteiger partial charge in [-0.3, -0.25) is 14.6 Å². The van der Waals surface area contributed by atoms with Crippen molar-refractivity contribution in [2.24, 2.45) is 16.5 Å². The predicted molar refractivity (Wildman–Crippen MR) is 120 cm³/mol. The Morgan fingerprint density at radius 1 is 1.13 bits per heavy atom. The SMILES string of the molecule is NC(N)=NCCCC1c2cccc(Cl)c2CC1NC(=O)C(=O)Nc1ccc(Cl)c(F)c1. The number of benzene rings is 2. The van der Waals surface area contributed by atoms with E-state index in [9.17, 15) is 14.0 Å². The Morgan fingerprint density at radius 2 is 1.90 bits per heavy atom. The van der Waals surface area contributed by atoms with E-state index in [0.717, 1.165) is 17.2 Å². The van der Waals surface area contributed by atoms with Crippen LogP contribution in [0.4, 0.5) is 10.1 Å². The molecule has 0 radical (unpaired) electrons. The molecule has 6 N–H and O–H groups in total. The molecule has 0 saturated carbocycles. The van der Waals surface area contributed by atoms with Gasteiger partial charge in [0.05, 0.1) is 5.02 Å². The number of fused-ring (bicyclic) bond motifs is 1. The molecule has 0 fully saturated rings. The van der Waals surface area contributed by atoms with E-state index in [0.29, 0.717) is 30.8 Å². The van der Waals surface area contributed by atoms with Gasteiger partial charge in [-0.05, 0) is 54.7 Å². The van der Waals surface area contributed by atoms with E-state index >= 15 is 0 Å². The molecule has 3 rings (SSSR count). The fraction of sp³-hybridized carbons (Fsp3) is 0.286. The van der Waals surface area contributed by atoms with Gasteiger partial charge in [0, 0.05) is 29.2 Å². The molecule has 0 aromatic heterocycles. The highest BCUT2D eigenvalue weighted by atomic mass is 35.5. The van der Waals surface area contributed by atoms with Gasteiger partial charge in [-0.25, -0.2) is 4.39 Å². The number of anilines is 1. The van der Waals surface area contributed by atoms with E-state index in [1.54, 1.807) is 6.07 Å². The zero-order valence-electron chi connectivity index (χ0n) is 16.5. The van der Waals surface area contributed by atoms with E-state index in [4.69, 9.17) is 34.7 Å². The second-order valence-corrected chi connectivity index (χ2v) is 8.04. The highest BCUT2D eigenvalue weighted by Crippen LogP contribution is 2.39. The lowest BCUT2D eigenvalue weighted by Gasteiger charge is -2.21. The van der Waals surface area contributed by atoms with E-state index in [2.05, 4.69) is 15.6 Å². The van der Waals surface area contributed by atoms with Gasteiger partial charge in [0.1, 0.15) is 5.82 Å². The highest BCUT2D eigenvalue weighted by Gasteiger charge is 2.35. The highest BCUT2D eigenvalue weighted by molar-refractivity contribution is 6.39. The fourth-order valence-electron chi connectivity index (χ4n) is 3.74. The fourth-order valence-corrected chi connectivity index (χ4v) is 4.12. The summed E-state index contributed by atoms with van der Waals surface area (Å²) in [6.07, 6.45) is 1.88. The number of amides is 2. The quantitative estimate of drug-likeness (QED) is 0.226. The first-order chi connectivity index (χ1) is 14.8. The minimum atomic E-state index is -0.900. The minimum Gasteiger partial charge on any atom is -0.370 e. The van der Waals surface area contributed by atoms with Crippen LogP contribution in [0.3, 0.4) is 0 Å². The van der Waals surface area contributed by atoms with Crippen LogP contribution in [-0.2, 0) is 16.0 Å². The molecule has 1 aliphatic rings. The first-order valence-electron chi connectivity index (χ1n) is 9.66. The van der Waals surface area contributed by atoms with Gasteiger partial charge in [-0.1, -0.05) is 35.3 Å². The molecule has 2 aromatic carbocycles. The average Bonchev–Trinajstić information content (AvgIpc) is 3.06. The number of nitrogens with one attached hydrogen (secondary N) is 2. The molecule has 2 unspecified atom stereocenters. The van der Waals surface area contributed by atoms with Gasteiger partial charge in [-0.15, -0.1) is 0 Å². The molecule has 0 saturated heterocycles. The largest absolute Gasteiger partial charge is 0.370 e. The molecule has 164 valence electrons. The number of carbonyl (C=O) groups is 2. The summed E-state index contributed by atoms with van der Waals surface area (Å²) in [6, 6.07) is 9.05. The third-order valence-corrected chi connectivity index (χ3v) is 5.79. The molecule has 0 aliphatic heterocycles. The van der Waals surface area contributed by atoms with Crippen molar-refractivity contribution in [3.05, 3.63) is 63.4 Å². The van der Waals surface area contributed by atoms with Crippen molar-refractivity contribution < 1.29 is 14.0 Å². The molecule has 2 amide bonds. The number of aliphatic imine (C=N–C) groups is 1. The molecule has 2 aromatic rings. The van der Waals surface area contributed by atoms with Crippen LogP contribution in [0.25, 0.3) is 0 Å². The number of nitrogens with zero attached hydrogens (tertiary/aromatic N) is 1. The first-order valence-corrected chi connectivity index (χ1v) is 10.4. The Morgan fingerprint density at radius 3 is 2.61 bits per heavy atom. The van der Waals surface area contributed by atoms with E-state index < -0.39 is 17.6 Å². The number of nitrogens with two attached hydrogens (primary N) is 2. The smallest absolute Gasteiger partial charge is 0.313 e. The lowest BCUT2D eigenvalue weighted by Crippen LogP contribution is -2.43. The van der Waals surface area contributed by atoms with Crippen LogP contribution in [0, 0.1) is 5.82 Å². The van der Waals surface area contributed by atoms with Gasteiger partial charge in [0.25, 0.3) is 0 Å². The molecule has 1 aliphatic carbocycles. The zero-order valence-corrected chi connectivity index (χ0v) is 18.0. The Kier molecular flexibility index (Phi) is 7.35. The molecule has 31 heavy (non-hydrogen) atoms. The van der Waals surface area contributed by atoms with Gasteiger partial charge in [-0.2, -0.15) is 0 Å². The average molecular weight is 466 g/mol. The zero-order chi connectivity index (χ0) is 22.5. The predicted octanol–water partition coefficient (Wildman–Crippen LogP) is 2.95. The molecule has 0 heterocycles. The van der Waals surface area contributed by atoms with Crippen molar-refractivity contribution in [2.45, 2.75) is 31.2 Å². The summed E-state index contributed by atoms with van der Waals surface area (Å²) in [5, 5.41) is 5.70. The lowest BCUT2D eigenvalue weighted by atomic mass is 9.93. The summed E-state index contributed by atoms with van der Waals surface area (Å²) in [6.45, 7) is 0.456.